The molecule has 1 N–H and O–H groups in total. The van der Waals surface area contributed by atoms with Crippen molar-refractivity contribution in [2.45, 2.75) is 19.0 Å². The second-order valence-corrected chi connectivity index (χ2v) is 6.91. The Bertz CT molecular complexity index is 1100. The first-order valence-electron chi connectivity index (χ1n) is 9.74. The monoisotopic (exact) mass is 417 g/mol. The van der Waals surface area contributed by atoms with Crippen LogP contribution in [0.15, 0.2) is 85.2 Å². The van der Waals surface area contributed by atoms with E-state index in [4.69, 9.17) is 4.74 Å². The molecule has 0 spiro atoms. The number of benzene rings is 3. The zero-order valence-corrected chi connectivity index (χ0v) is 16.6. The van der Waals surface area contributed by atoms with Gasteiger partial charge in [0.2, 0.25) is 5.91 Å². The van der Waals surface area contributed by atoms with Crippen molar-refractivity contribution in [2.75, 3.05) is 0 Å². The predicted molar refractivity (Wildman–Crippen MR) is 112 cm³/mol. The van der Waals surface area contributed by atoms with Gasteiger partial charge in [0.1, 0.15) is 29.7 Å². The number of carbonyl (C=O) groups excluding carboxylic acids is 1. The van der Waals surface area contributed by atoms with Crippen LogP contribution in [0, 0.1) is 5.82 Å². The summed E-state index contributed by atoms with van der Waals surface area (Å²) in [5, 5.41) is 14.1. The average molecular weight is 417 g/mol. The molecule has 7 nitrogen and oxygen atoms in total. The minimum atomic E-state index is -0.557. The Morgan fingerprint density at radius 2 is 1.61 bits per heavy atom. The number of amides is 1. The molecule has 0 aliphatic heterocycles. The van der Waals surface area contributed by atoms with Crippen molar-refractivity contribution in [3.8, 4) is 11.5 Å². The molecule has 0 aliphatic rings. The third-order valence-electron chi connectivity index (χ3n) is 4.70. The van der Waals surface area contributed by atoms with Crippen LogP contribution in [0.5, 0.6) is 11.5 Å². The van der Waals surface area contributed by atoms with Gasteiger partial charge < -0.3 is 10.1 Å². The van der Waals surface area contributed by atoms with E-state index in [1.807, 2.05) is 42.5 Å². The third-order valence-corrected chi connectivity index (χ3v) is 4.70. The molecule has 156 valence electrons. The first-order chi connectivity index (χ1) is 15.2. The summed E-state index contributed by atoms with van der Waals surface area (Å²) < 4.78 is 20.1. The van der Waals surface area contributed by atoms with Crippen molar-refractivity contribution >= 4 is 5.91 Å². The number of carbonyl (C=O) groups is 1. The smallest absolute Gasteiger partial charge is 0.245 e. The van der Waals surface area contributed by atoms with E-state index in [1.54, 1.807) is 24.3 Å². The minimum absolute atomic E-state index is 0.178. The van der Waals surface area contributed by atoms with Crippen molar-refractivity contribution in [3.63, 3.8) is 0 Å². The maximum atomic E-state index is 13.0. The highest BCUT2D eigenvalue weighted by atomic mass is 19.1. The first-order valence-corrected chi connectivity index (χ1v) is 9.74. The van der Waals surface area contributed by atoms with Crippen LogP contribution in [0.25, 0.3) is 0 Å². The first kappa shape index (κ1) is 20.2. The molecule has 8 heteroatoms. The van der Waals surface area contributed by atoms with Gasteiger partial charge in [0.25, 0.3) is 0 Å². The van der Waals surface area contributed by atoms with Crippen molar-refractivity contribution in [1.29, 1.82) is 0 Å². The van der Waals surface area contributed by atoms with Gasteiger partial charge in [0.05, 0.1) is 0 Å². The Kier molecular flexibility index (Phi) is 6.27. The van der Waals surface area contributed by atoms with Gasteiger partial charge in [-0.3, -0.25) is 4.79 Å². The van der Waals surface area contributed by atoms with Crippen LogP contribution in [0.1, 0.15) is 17.2 Å². The highest BCUT2D eigenvalue weighted by Gasteiger charge is 2.22. The fourth-order valence-electron chi connectivity index (χ4n) is 3.08. The van der Waals surface area contributed by atoms with E-state index >= 15 is 0 Å². The topological polar surface area (TPSA) is 81.9 Å². The molecule has 3 aromatic carbocycles. The molecule has 0 saturated heterocycles. The van der Waals surface area contributed by atoms with Gasteiger partial charge in [-0.2, -0.15) is 0 Å². The number of hydrogen-bond donors (Lipinski definition) is 1. The number of tetrazole rings is 1. The zero-order chi connectivity index (χ0) is 21.5. The Morgan fingerprint density at radius 3 is 2.26 bits per heavy atom. The largest absolute Gasteiger partial charge is 0.457 e. The summed E-state index contributed by atoms with van der Waals surface area (Å²) in [7, 11) is 0. The number of ether oxygens (including phenoxy) is 1. The molecule has 0 saturated carbocycles. The van der Waals surface area contributed by atoms with Gasteiger partial charge in [-0.05, 0) is 58.0 Å². The summed E-state index contributed by atoms with van der Waals surface area (Å²) in [6.07, 6.45) is 1.91. The summed E-state index contributed by atoms with van der Waals surface area (Å²) in [5.41, 5.74) is 1.93. The van der Waals surface area contributed by atoms with Gasteiger partial charge >= 0.3 is 0 Å². The molecule has 0 bridgehead atoms. The molecule has 4 rings (SSSR count). The van der Waals surface area contributed by atoms with E-state index in [9.17, 15) is 9.18 Å². The summed E-state index contributed by atoms with van der Waals surface area (Å²) in [6.45, 7) is 0.350. The van der Waals surface area contributed by atoms with Crippen LogP contribution in [0.2, 0.25) is 0 Å². The molecular weight excluding hydrogens is 397 g/mol. The second kappa shape index (κ2) is 9.62. The average Bonchev–Trinajstić information content (AvgIpc) is 3.34. The summed E-state index contributed by atoms with van der Waals surface area (Å²) in [6, 6.07) is 22.3. The molecule has 1 unspecified atom stereocenters. The van der Waals surface area contributed by atoms with E-state index in [0.29, 0.717) is 24.5 Å². The number of nitrogens with one attached hydrogen (secondary N) is 1. The quantitative estimate of drug-likeness (QED) is 0.473. The molecule has 1 amide bonds. The van der Waals surface area contributed by atoms with Crippen LogP contribution in [0.4, 0.5) is 4.39 Å². The number of rotatable bonds is 8. The summed E-state index contributed by atoms with van der Waals surface area (Å²) in [4.78, 5) is 12.9. The van der Waals surface area contributed by atoms with Gasteiger partial charge in [-0.1, -0.05) is 42.5 Å². The maximum Gasteiger partial charge on any atom is 0.245 e. The Balaban J connectivity index is 1.37. The number of halogens is 1. The molecule has 0 radical (unpaired) electrons. The normalized spacial score (nSPS) is 11.6. The van der Waals surface area contributed by atoms with E-state index in [2.05, 4.69) is 20.8 Å². The van der Waals surface area contributed by atoms with Gasteiger partial charge in [-0.25, -0.2) is 9.07 Å². The fourth-order valence-corrected chi connectivity index (χ4v) is 3.08. The molecule has 1 heterocycles. The third kappa shape index (κ3) is 5.51. The van der Waals surface area contributed by atoms with Crippen LogP contribution in [-0.2, 0) is 17.8 Å². The molecule has 4 aromatic rings. The Hall–Kier alpha value is -4.07. The minimum Gasteiger partial charge on any atom is -0.457 e. The molecular formula is C23H20FN5O2. The van der Waals surface area contributed by atoms with Crippen LogP contribution >= 0.6 is 0 Å². The van der Waals surface area contributed by atoms with E-state index < -0.39 is 6.04 Å². The van der Waals surface area contributed by atoms with Gasteiger partial charge in [0.15, 0.2) is 0 Å². The van der Waals surface area contributed by atoms with Crippen molar-refractivity contribution < 1.29 is 13.9 Å². The second-order valence-electron chi connectivity index (χ2n) is 6.91. The predicted octanol–water partition coefficient (Wildman–Crippen LogP) is 3.70. The number of aromatic nitrogens is 4. The van der Waals surface area contributed by atoms with Crippen LogP contribution in [0.3, 0.4) is 0 Å². The fraction of sp³-hybridized carbons (Fsp3) is 0.130. The van der Waals surface area contributed by atoms with Crippen LogP contribution < -0.4 is 10.1 Å². The van der Waals surface area contributed by atoms with Crippen molar-refractivity contribution in [3.05, 3.63) is 102 Å². The summed E-state index contributed by atoms with van der Waals surface area (Å²) >= 11 is 0. The number of nitrogens with zero attached hydrogens (tertiary/aromatic N) is 4. The van der Waals surface area contributed by atoms with Crippen molar-refractivity contribution in [2.24, 2.45) is 0 Å². The Labute approximate surface area is 178 Å². The van der Waals surface area contributed by atoms with E-state index in [-0.39, 0.29) is 11.7 Å². The maximum absolute atomic E-state index is 13.0. The lowest BCUT2D eigenvalue weighted by molar-refractivity contribution is -0.124. The van der Waals surface area contributed by atoms with Gasteiger partial charge in [-0.15, -0.1) is 5.10 Å². The summed E-state index contributed by atoms with van der Waals surface area (Å²) in [5.74, 6) is 0.679. The zero-order valence-electron chi connectivity index (χ0n) is 16.6. The molecule has 0 fully saturated rings. The lowest BCUT2D eigenvalue weighted by Crippen LogP contribution is -2.34. The molecule has 31 heavy (non-hydrogen) atoms. The van der Waals surface area contributed by atoms with E-state index in [1.165, 1.54) is 23.1 Å². The highest BCUT2D eigenvalue weighted by molar-refractivity contribution is 5.80. The number of hydrogen-bond acceptors (Lipinski definition) is 5. The standard InChI is InChI=1S/C23H20FN5O2/c24-19-8-12-21(13-9-19)31-20-10-6-18(7-11-20)15-25-23(30)22(29-16-26-27-28-29)14-17-4-2-1-3-5-17/h1-13,16,22H,14-15H2,(H,25,30). The SMILES string of the molecule is O=C(NCc1ccc(Oc2ccc(F)cc2)cc1)C(Cc1ccccc1)n1cnnn1. The lowest BCUT2D eigenvalue weighted by atomic mass is 10.1. The molecule has 0 aliphatic carbocycles. The van der Waals surface area contributed by atoms with E-state index in [0.717, 1.165) is 11.1 Å². The molecule has 1 atom stereocenters. The lowest BCUT2D eigenvalue weighted by Gasteiger charge is -2.16. The van der Waals surface area contributed by atoms with Crippen LogP contribution in [-0.4, -0.2) is 26.1 Å². The highest BCUT2D eigenvalue weighted by Crippen LogP contribution is 2.22. The van der Waals surface area contributed by atoms with Gasteiger partial charge in [0, 0.05) is 13.0 Å². The Morgan fingerprint density at radius 1 is 0.935 bits per heavy atom. The van der Waals surface area contributed by atoms with Crippen molar-refractivity contribution in [1.82, 2.24) is 25.5 Å². The molecule has 1 aromatic heterocycles.